The molecule has 0 saturated heterocycles. The third kappa shape index (κ3) is 3.14. The summed E-state index contributed by atoms with van der Waals surface area (Å²) in [5.74, 6) is 1.59. The number of rotatable bonds is 4. The first kappa shape index (κ1) is 11.3. The smallest absolute Gasteiger partial charge is 0.121 e. The number of methoxy groups -OCH3 is 1. The molecular formula is C14H15NO2. The van der Waals surface area contributed by atoms with Crippen LogP contribution in [0.5, 0.6) is 11.5 Å². The summed E-state index contributed by atoms with van der Waals surface area (Å²) in [6.07, 6.45) is 0. The molecule has 0 unspecified atom stereocenters. The Morgan fingerprint density at radius 3 is 2.47 bits per heavy atom. The van der Waals surface area contributed by atoms with Crippen LogP contribution in [0.25, 0.3) is 0 Å². The van der Waals surface area contributed by atoms with Gasteiger partial charge in [-0.2, -0.15) is 0 Å². The zero-order valence-electron chi connectivity index (χ0n) is 9.72. The van der Waals surface area contributed by atoms with E-state index in [0.29, 0.717) is 12.3 Å². The zero-order chi connectivity index (χ0) is 12.1. The van der Waals surface area contributed by atoms with Gasteiger partial charge in [0.05, 0.1) is 7.11 Å². The summed E-state index contributed by atoms with van der Waals surface area (Å²) in [5.41, 5.74) is 7.44. The fraction of sp³-hybridized carbons (Fsp3) is 0.143. The number of para-hydroxylation sites is 1. The fourth-order valence-electron chi connectivity index (χ4n) is 1.57. The predicted molar refractivity (Wildman–Crippen MR) is 68.2 cm³/mol. The molecule has 0 aromatic heterocycles. The minimum Gasteiger partial charge on any atom is -0.497 e. The van der Waals surface area contributed by atoms with Crippen LogP contribution in [0.2, 0.25) is 0 Å². The molecule has 2 aromatic carbocycles. The monoisotopic (exact) mass is 229 g/mol. The van der Waals surface area contributed by atoms with Gasteiger partial charge in [0.15, 0.2) is 0 Å². The van der Waals surface area contributed by atoms with E-state index in [0.717, 1.165) is 17.1 Å². The van der Waals surface area contributed by atoms with Gasteiger partial charge in [-0.05, 0) is 29.8 Å². The lowest BCUT2D eigenvalue weighted by molar-refractivity contribution is 0.305. The molecule has 88 valence electrons. The van der Waals surface area contributed by atoms with Gasteiger partial charge >= 0.3 is 0 Å². The molecule has 0 amide bonds. The number of benzene rings is 2. The van der Waals surface area contributed by atoms with E-state index in [1.165, 1.54) is 0 Å². The van der Waals surface area contributed by atoms with E-state index in [1.54, 1.807) is 13.2 Å². The second-order valence-electron chi connectivity index (χ2n) is 3.72. The maximum Gasteiger partial charge on any atom is 0.121 e. The summed E-state index contributed by atoms with van der Waals surface area (Å²) in [6, 6.07) is 15.3. The molecule has 0 heterocycles. The zero-order valence-corrected chi connectivity index (χ0v) is 9.72. The maximum absolute atomic E-state index is 5.77. The van der Waals surface area contributed by atoms with Crippen molar-refractivity contribution in [3.8, 4) is 11.5 Å². The Hall–Kier alpha value is -2.16. The lowest BCUT2D eigenvalue weighted by atomic mass is 10.2. The van der Waals surface area contributed by atoms with Crippen molar-refractivity contribution in [3.63, 3.8) is 0 Å². The lowest BCUT2D eigenvalue weighted by Crippen LogP contribution is -1.98. The van der Waals surface area contributed by atoms with Crippen LogP contribution >= 0.6 is 0 Å². The predicted octanol–water partition coefficient (Wildman–Crippen LogP) is 2.86. The molecule has 0 aliphatic carbocycles. The van der Waals surface area contributed by atoms with Gasteiger partial charge in [0.2, 0.25) is 0 Å². The Balaban J connectivity index is 2.06. The maximum atomic E-state index is 5.77. The van der Waals surface area contributed by atoms with Crippen molar-refractivity contribution < 1.29 is 9.47 Å². The van der Waals surface area contributed by atoms with Crippen LogP contribution in [0.4, 0.5) is 5.69 Å². The third-order valence-electron chi connectivity index (χ3n) is 2.37. The van der Waals surface area contributed by atoms with Gasteiger partial charge in [0.25, 0.3) is 0 Å². The van der Waals surface area contributed by atoms with Gasteiger partial charge in [0, 0.05) is 11.8 Å². The Morgan fingerprint density at radius 2 is 1.76 bits per heavy atom. The summed E-state index contributed by atoms with van der Waals surface area (Å²) < 4.78 is 10.8. The van der Waals surface area contributed by atoms with Crippen LogP contribution in [0.1, 0.15) is 5.56 Å². The van der Waals surface area contributed by atoms with Crippen LogP contribution in [-0.2, 0) is 6.61 Å². The molecule has 17 heavy (non-hydrogen) atoms. The molecule has 3 nitrogen and oxygen atoms in total. The van der Waals surface area contributed by atoms with Crippen LogP contribution in [0.15, 0.2) is 48.5 Å². The number of hydrogen-bond donors (Lipinski definition) is 1. The van der Waals surface area contributed by atoms with Crippen LogP contribution in [0.3, 0.4) is 0 Å². The molecule has 2 aromatic rings. The molecule has 0 aliphatic heterocycles. The molecule has 0 atom stereocenters. The van der Waals surface area contributed by atoms with E-state index in [9.17, 15) is 0 Å². The highest BCUT2D eigenvalue weighted by molar-refractivity contribution is 5.47. The Morgan fingerprint density at radius 1 is 1.00 bits per heavy atom. The molecular weight excluding hydrogens is 214 g/mol. The van der Waals surface area contributed by atoms with Crippen molar-refractivity contribution in [2.45, 2.75) is 6.61 Å². The first-order valence-electron chi connectivity index (χ1n) is 5.39. The molecule has 3 heteroatoms. The quantitative estimate of drug-likeness (QED) is 0.820. The SMILES string of the molecule is COc1cc(N)cc(COc2ccccc2)c1. The van der Waals surface area contributed by atoms with Crippen LogP contribution < -0.4 is 15.2 Å². The Labute approximate surface area is 101 Å². The number of anilines is 1. The molecule has 0 spiro atoms. The average molecular weight is 229 g/mol. The van der Waals surface area contributed by atoms with Crippen molar-refractivity contribution in [3.05, 3.63) is 54.1 Å². The van der Waals surface area contributed by atoms with Crippen molar-refractivity contribution in [1.82, 2.24) is 0 Å². The minimum absolute atomic E-state index is 0.478. The Kier molecular flexibility index (Phi) is 3.50. The lowest BCUT2D eigenvalue weighted by Gasteiger charge is -2.08. The topological polar surface area (TPSA) is 44.5 Å². The summed E-state index contributed by atoms with van der Waals surface area (Å²) in [7, 11) is 1.62. The summed E-state index contributed by atoms with van der Waals surface area (Å²) >= 11 is 0. The van der Waals surface area contributed by atoms with E-state index in [4.69, 9.17) is 15.2 Å². The normalized spacial score (nSPS) is 9.94. The van der Waals surface area contributed by atoms with Crippen molar-refractivity contribution in [2.75, 3.05) is 12.8 Å². The summed E-state index contributed by atoms with van der Waals surface area (Å²) in [5, 5.41) is 0. The highest BCUT2D eigenvalue weighted by atomic mass is 16.5. The number of hydrogen-bond acceptors (Lipinski definition) is 3. The first-order valence-corrected chi connectivity index (χ1v) is 5.39. The molecule has 2 N–H and O–H groups in total. The van der Waals surface area contributed by atoms with Gasteiger partial charge in [-0.1, -0.05) is 18.2 Å². The van der Waals surface area contributed by atoms with Gasteiger partial charge in [-0.3, -0.25) is 0 Å². The van der Waals surface area contributed by atoms with Crippen molar-refractivity contribution in [2.24, 2.45) is 0 Å². The summed E-state index contributed by atoms with van der Waals surface area (Å²) in [6.45, 7) is 0.478. The van der Waals surface area contributed by atoms with Crippen LogP contribution in [-0.4, -0.2) is 7.11 Å². The first-order chi connectivity index (χ1) is 8.28. The molecule has 0 radical (unpaired) electrons. The highest BCUT2D eigenvalue weighted by Gasteiger charge is 2.00. The van der Waals surface area contributed by atoms with Gasteiger partial charge in [0.1, 0.15) is 18.1 Å². The van der Waals surface area contributed by atoms with E-state index in [-0.39, 0.29) is 0 Å². The van der Waals surface area contributed by atoms with E-state index >= 15 is 0 Å². The number of nitrogen functional groups attached to an aromatic ring is 1. The largest absolute Gasteiger partial charge is 0.497 e. The van der Waals surface area contributed by atoms with Gasteiger partial charge in [-0.25, -0.2) is 0 Å². The van der Waals surface area contributed by atoms with Crippen molar-refractivity contribution in [1.29, 1.82) is 0 Å². The van der Waals surface area contributed by atoms with Crippen molar-refractivity contribution >= 4 is 5.69 Å². The molecule has 0 fully saturated rings. The fourth-order valence-corrected chi connectivity index (χ4v) is 1.57. The molecule has 2 rings (SSSR count). The Bertz CT molecular complexity index is 483. The second-order valence-corrected chi connectivity index (χ2v) is 3.72. The van der Waals surface area contributed by atoms with E-state index < -0.39 is 0 Å². The molecule has 0 aliphatic rings. The average Bonchev–Trinajstić information content (AvgIpc) is 2.37. The standard InChI is InChI=1S/C14H15NO2/c1-16-14-8-11(7-12(15)9-14)10-17-13-5-3-2-4-6-13/h2-9H,10,15H2,1H3. The van der Waals surface area contributed by atoms with Gasteiger partial charge in [-0.15, -0.1) is 0 Å². The highest BCUT2D eigenvalue weighted by Crippen LogP contribution is 2.20. The molecule has 0 saturated carbocycles. The van der Waals surface area contributed by atoms with E-state index in [2.05, 4.69) is 0 Å². The van der Waals surface area contributed by atoms with Gasteiger partial charge < -0.3 is 15.2 Å². The second kappa shape index (κ2) is 5.25. The van der Waals surface area contributed by atoms with Crippen LogP contribution in [0, 0.1) is 0 Å². The number of nitrogens with two attached hydrogens (primary N) is 1. The molecule has 0 bridgehead atoms. The van der Waals surface area contributed by atoms with E-state index in [1.807, 2.05) is 42.5 Å². The summed E-state index contributed by atoms with van der Waals surface area (Å²) in [4.78, 5) is 0. The number of ether oxygens (including phenoxy) is 2. The minimum atomic E-state index is 0.478. The third-order valence-corrected chi connectivity index (χ3v) is 2.37.